The Morgan fingerprint density at radius 3 is 2.84 bits per heavy atom. The number of rotatable bonds is 6. The van der Waals surface area contributed by atoms with Crippen LogP contribution < -0.4 is 0 Å². The largest absolute Gasteiger partial charge is 0.393 e. The first-order chi connectivity index (χ1) is 18.2. The first kappa shape index (κ1) is 25.7. The van der Waals surface area contributed by atoms with Crippen LogP contribution in [0.25, 0.3) is 6.08 Å². The van der Waals surface area contributed by atoms with Crippen LogP contribution in [0.2, 0.25) is 0 Å². The van der Waals surface area contributed by atoms with E-state index >= 15 is 0 Å². The minimum Gasteiger partial charge on any atom is -0.393 e. The van der Waals surface area contributed by atoms with Crippen molar-refractivity contribution in [3.8, 4) is 6.07 Å². The number of Topliss-reactive ketones (excluding diaryl/α,β-unsaturated/α-hetero) is 1. The minimum atomic E-state index is -1.45. The molecular weight excluding hydrogens is 498 g/mol. The smallest absolute Gasteiger partial charge is 0.187 e. The molecule has 2 heterocycles. The fraction of sp³-hybridized carbons (Fsp3) is 0.621. The van der Waals surface area contributed by atoms with Gasteiger partial charge in [0.05, 0.1) is 42.8 Å². The van der Waals surface area contributed by atoms with Crippen LogP contribution in [0.4, 0.5) is 0 Å². The molecule has 2 aromatic rings. The number of fused-ring (bicyclic) bond motifs is 6. The van der Waals surface area contributed by atoms with E-state index in [2.05, 4.69) is 34.1 Å². The van der Waals surface area contributed by atoms with Crippen LogP contribution >= 0.6 is 11.8 Å². The first-order valence-corrected chi connectivity index (χ1v) is 14.7. The van der Waals surface area contributed by atoms with Crippen molar-refractivity contribution in [1.82, 2.24) is 19.7 Å². The zero-order chi connectivity index (χ0) is 26.7. The Bertz CT molecular complexity index is 1320. The summed E-state index contributed by atoms with van der Waals surface area (Å²) in [6, 6.07) is 3.95. The number of nitriles is 1. The number of allylic oxidation sites excluding steroid dienone is 1. The van der Waals surface area contributed by atoms with Gasteiger partial charge in [0.1, 0.15) is 5.60 Å². The summed E-state index contributed by atoms with van der Waals surface area (Å²) in [6.07, 6.45) is 11.7. The molecular formula is C29H35N5O3S. The Hall–Kier alpha value is -2.54. The summed E-state index contributed by atoms with van der Waals surface area (Å²) in [5.74, 6) is 0.436. The average molecular weight is 534 g/mol. The van der Waals surface area contributed by atoms with E-state index in [0.717, 1.165) is 31.4 Å². The van der Waals surface area contributed by atoms with Crippen LogP contribution in [-0.4, -0.2) is 53.2 Å². The van der Waals surface area contributed by atoms with E-state index in [-0.39, 0.29) is 34.7 Å². The summed E-state index contributed by atoms with van der Waals surface area (Å²) in [5, 5.41) is 37.8. The number of aryl methyl sites for hydroxylation is 1. The van der Waals surface area contributed by atoms with Crippen molar-refractivity contribution in [1.29, 1.82) is 5.26 Å². The van der Waals surface area contributed by atoms with E-state index in [1.807, 2.05) is 17.8 Å². The number of thioether (sulfide) groups is 1. The van der Waals surface area contributed by atoms with Gasteiger partial charge in [-0.3, -0.25) is 9.48 Å². The highest BCUT2D eigenvalue weighted by Crippen LogP contribution is 2.67. The van der Waals surface area contributed by atoms with Crippen molar-refractivity contribution < 1.29 is 15.0 Å². The van der Waals surface area contributed by atoms with E-state index in [0.29, 0.717) is 31.0 Å². The van der Waals surface area contributed by atoms with Gasteiger partial charge in [-0.2, -0.15) is 10.4 Å². The van der Waals surface area contributed by atoms with E-state index in [1.165, 1.54) is 22.9 Å². The maximum atomic E-state index is 13.5. The van der Waals surface area contributed by atoms with E-state index in [9.17, 15) is 15.0 Å². The van der Waals surface area contributed by atoms with Gasteiger partial charge < -0.3 is 10.2 Å². The standard InChI is InChI=1S/C29H35N5O3S/c1-27-14-18-16-33-34(12-3-9-30)22(18)13-19(27)5-6-20-21-7-8-29(37,28(21,2)15-23(35)25(20)27)24(36)17-38-26-31-10-4-11-32-26/h4,10-11,13,16,20-21,23,25,35,37H,3,5-8,12,14-15,17H2,1-2H3. The highest BCUT2D eigenvalue weighted by Gasteiger charge is 2.68. The van der Waals surface area contributed by atoms with Crippen molar-refractivity contribution in [2.45, 2.75) is 82.2 Å². The van der Waals surface area contributed by atoms with E-state index in [1.54, 1.807) is 18.5 Å². The lowest BCUT2D eigenvalue weighted by Gasteiger charge is -2.60. The molecule has 38 heavy (non-hydrogen) atoms. The molecule has 6 rings (SSSR count). The van der Waals surface area contributed by atoms with Gasteiger partial charge in [0.15, 0.2) is 10.9 Å². The number of aliphatic hydroxyl groups excluding tert-OH is 1. The molecule has 3 saturated carbocycles. The van der Waals surface area contributed by atoms with Crippen LogP contribution in [-0.2, 0) is 17.8 Å². The van der Waals surface area contributed by atoms with Crippen LogP contribution in [0.15, 0.2) is 35.4 Å². The molecule has 4 aliphatic carbocycles. The number of aliphatic hydroxyl groups is 2. The number of aromatic nitrogens is 4. The Kier molecular flexibility index (Phi) is 6.29. The van der Waals surface area contributed by atoms with Gasteiger partial charge in [0.2, 0.25) is 0 Å². The second-order valence-electron chi connectivity index (χ2n) is 12.1. The topological polar surface area (TPSA) is 125 Å². The molecule has 4 aliphatic rings. The van der Waals surface area contributed by atoms with Gasteiger partial charge in [0, 0.05) is 17.8 Å². The minimum absolute atomic E-state index is 0.0701. The molecule has 0 bridgehead atoms. The van der Waals surface area contributed by atoms with E-state index < -0.39 is 17.1 Å². The van der Waals surface area contributed by atoms with Crippen LogP contribution in [0.5, 0.6) is 0 Å². The SMILES string of the molecule is CC12Cc3cnn(CCC#N)c3C=C1CCC1C2C(O)CC2(C)C1CCC2(O)C(=O)CSc1ncccn1. The van der Waals surface area contributed by atoms with Crippen molar-refractivity contribution >= 4 is 23.6 Å². The Morgan fingerprint density at radius 1 is 1.29 bits per heavy atom. The zero-order valence-corrected chi connectivity index (χ0v) is 22.8. The molecule has 0 spiro atoms. The summed E-state index contributed by atoms with van der Waals surface area (Å²) in [5.41, 5.74) is 1.32. The molecule has 3 fully saturated rings. The number of hydrogen-bond donors (Lipinski definition) is 2. The Morgan fingerprint density at radius 2 is 2.08 bits per heavy atom. The molecule has 7 atom stereocenters. The predicted octanol–water partition coefficient (Wildman–Crippen LogP) is 3.83. The van der Waals surface area contributed by atoms with Crippen molar-refractivity contribution in [3.05, 3.63) is 41.5 Å². The molecule has 2 N–H and O–H groups in total. The van der Waals surface area contributed by atoms with Crippen molar-refractivity contribution in [3.63, 3.8) is 0 Å². The molecule has 7 unspecified atom stereocenters. The van der Waals surface area contributed by atoms with Crippen LogP contribution in [0.1, 0.15) is 63.6 Å². The van der Waals surface area contributed by atoms with Gasteiger partial charge in [-0.1, -0.05) is 31.2 Å². The maximum absolute atomic E-state index is 13.5. The maximum Gasteiger partial charge on any atom is 0.187 e. The summed E-state index contributed by atoms with van der Waals surface area (Å²) in [4.78, 5) is 21.9. The number of hydrogen-bond acceptors (Lipinski definition) is 8. The fourth-order valence-corrected chi connectivity index (χ4v) is 9.42. The molecule has 200 valence electrons. The van der Waals surface area contributed by atoms with Gasteiger partial charge in [-0.05, 0) is 79.4 Å². The van der Waals surface area contributed by atoms with Gasteiger partial charge in [-0.25, -0.2) is 9.97 Å². The lowest BCUT2D eigenvalue weighted by atomic mass is 9.45. The number of ketones is 1. The van der Waals surface area contributed by atoms with Gasteiger partial charge in [0.25, 0.3) is 0 Å². The third-order valence-corrected chi connectivity index (χ3v) is 11.3. The molecule has 0 amide bonds. The quantitative estimate of drug-likeness (QED) is 0.424. The number of nitrogens with zero attached hydrogens (tertiary/aromatic N) is 5. The summed E-state index contributed by atoms with van der Waals surface area (Å²) >= 11 is 1.26. The summed E-state index contributed by atoms with van der Waals surface area (Å²) in [6.45, 7) is 4.92. The molecule has 0 saturated heterocycles. The highest BCUT2D eigenvalue weighted by molar-refractivity contribution is 7.99. The molecule has 2 aromatic heterocycles. The third-order valence-electron chi connectivity index (χ3n) is 10.4. The molecule has 0 aliphatic heterocycles. The monoisotopic (exact) mass is 533 g/mol. The van der Waals surface area contributed by atoms with Crippen LogP contribution in [0, 0.1) is 39.9 Å². The normalized spacial score (nSPS) is 37.3. The van der Waals surface area contributed by atoms with Crippen molar-refractivity contribution in [2.75, 3.05) is 5.75 Å². The van der Waals surface area contributed by atoms with Crippen LogP contribution in [0.3, 0.4) is 0 Å². The molecule has 9 heteroatoms. The highest BCUT2D eigenvalue weighted by atomic mass is 32.2. The summed E-state index contributed by atoms with van der Waals surface area (Å²) < 4.78 is 1.94. The number of carbonyl (C=O) groups excluding carboxylic acids is 1. The third kappa shape index (κ3) is 3.71. The first-order valence-electron chi connectivity index (χ1n) is 13.7. The molecule has 8 nitrogen and oxygen atoms in total. The zero-order valence-electron chi connectivity index (χ0n) is 22.0. The second-order valence-corrected chi connectivity index (χ2v) is 13.1. The average Bonchev–Trinajstić information content (AvgIpc) is 3.41. The lowest BCUT2D eigenvalue weighted by molar-refractivity contribution is -0.177. The van der Waals surface area contributed by atoms with Gasteiger partial charge in [-0.15, -0.1) is 0 Å². The second kappa shape index (κ2) is 9.29. The fourth-order valence-electron chi connectivity index (χ4n) is 8.65. The summed E-state index contributed by atoms with van der Waals surface area (Å²) in [7, 11) is 0. The predicted molar refractivity (Wildman–Crippen MR) is 143 cm³/mol. The van der Waals surface area contributed by atoms with Crippen molar-refractivity contribution in [2.24, 2.45) is 28.6 Å². The Labute approximate surface area is 227 Å². The lowest BCUT2D eigenvalue weighted by Crippen LogP contribution is -2.62. The number of carbonyl (C=O) groups is 1. The van der Waals surface area contributed by atoms with E-state index in [4.69, 9.17) is 5.26 Å². The Balaban J connectivity index is 1.26. The molecule has 0 radical (unpaired) electrons. The van der Waals surface area contributed by atoms with Gasteiger partial charge >= 0.3 is 0 Å². The molecule has 0 aromatic carbocycles.